The normalized spacial score (nSPS) is 10.7. The van der Waals surface area contributed by atoms with Gasteiger partial charge in [0.25, 0.3) is 11.5 Å². The fourth-order valence-electron chi connectivity index (χ4n) is 4.15. The Hall–Kier alpha value is -5.95. The maximum Gasteiger partial charge on any atom is 0.270 e. The molecule has 0 aliphatic carbocycles. The van der Waals surface area contributed by atoms with Crippen molar-refractivity contribution in [3.8, 4) is 28.8 Å². The second-order valence-electron chi connectivity index (χ2n) is 8.76. The summed E-state index contributed by atoms with van der Waals surface area (Å²) < 4.78 is 11.2. The van der Waals surface area contributed by atoms with Crippen molar-refractivity contribution in [2.75, 3.05) is 24.5 Å². The maximum atomic E-state index is 12.6. The third kappa shape index (κ3) is 6.21. The van der Waals surface area contributed by atoms with Crippen molar-refractivity contribution in [3.63, 3.8) is 0 Å². The molecule has 4 aromatic carbocycles. The summed E-state index contributed by atoms with van der Waals surface area (Å²) in [6.07, 6.45) is 1.50. The van der Waals surface area contributed by atoms with E-state index in [1.807, 2.05) is 54.6 Å². The molecule has 41 heavy (non-hydrogen) atoms. The minimum Gasteiger partial charge on any atom is -0.493 e. The van der Waals surface area contributed by atoms with Gasteiger partial charge in [0.05, 0.1) is 19.0 Å². The first-order chi connectivity index (χ1) is 20.1. The average molecular weight is 545 g/mol. The van der Waals surface area contributed by atoms with E-state index in [4.69, 9.17) is 9.47 Å². The molecule has 5 rings (SSSR count). The molecule has 0 bridgehead atoms. The van der Waals surface area contributed by atoms with Gasteiger partial charge in [0, 0.05) is 16.6 Å². The number of benzene rings is 4. The molecule has 202 valence electrons. The predicted molar refractivity (Wildman–Crippen MR) is 157 cm³/mol. The molecule has 0 unspecified atom stereocenters. The number of ether oxygens (including phenoxy) is 2. The van der Waals surface area contributed by atoms with Crippen molar-refractivity contribution >= 4 is 34.5 Å². The number of fused-ring (bicyclic) bond motifs is 1. The highest BCUT2D eigenvalue weighted by Gasteiger charge is 2.13. The van der Waals surface area contributed by atoms with Gasteiger partial charge in [-0.3, -0.25) is 14.6 Å². The molecule has 0 atom stereocenters. The van der Waals surface area contributed by atoms with Gasteiger partial charge in [-0.2, -0.15) is 10.4 Å². The molecule has 0 saturated carbocycles. The Morgan fingerprint density at radius 1 is 1.02 bits per heavy atom. The summed E-state index contributed by atoms with van der Waals surface area (Å²) >= 11 is 0. The third-order valence-electron chi connectivity index (χ3n) is 6.07. The Morgan fingerprint density at radius 3 is 2.61 bits per heavy atom. The van der Waals surface area contributed by atoms with Crippen LogP contribution in [0.25, 0.3) is 22.0 Å². The third-order valence-corrected chi connectivity index (χ3v) is 6.07. The van der Waals surface area contributed by atoms with Crippen LogP contribution in [0.2, 0.25) is 0 Å². The zero-order valence-corrected chi connectivity index (χ0v) is 21.9. The lowest BCUT2D eigenvalue weighted by molar-refractivity contribution is -0.118. The number of carbonyl (C=O) groups is 1. The van der Waals surface area contributed by atoms with Crippen LogP contribution in [0.4, 0.5) is 11.6 Å². The molecular weight excluding hydrogens is 520 g/mol. The van der Waals surface area contributed by atoms with Gasteiger partial charge in [0.15, 0.2) is 18.1 Å². The summed E-state index contributed by atoms with van der Waals surface area (Å²) in [4.78, 5) is 31.9. The molecule has 5 aromatic rings. The molecule has 1 amide bonds. The van der Waals surface area contributed by atoms with E-state index in [1.54, 1.807) is 42.5 Å². The van der Waals surface area contributed by atoms with Gasteiger partial charge in [-0.05, 0) is 35.2 Å². The molecule has 0 aliphatic heterocycles. The highest BCUT2D eigenvalue weighted by Crippen LogP contribution is 2.28. The van der Waals surface area contributed by atoms with Crippen LogP contribution >= 0.6 is 0 Å². The number of hydrogen-bond donors (Lipinski definition) is 3. The number of methoxy groups -OCH3 is 1. The van der Waals surface area contributed by atoms with Crippen LogP contribution < -0.4 is 25.8 Å². The van der Waals surface area contributed by atoms with Crippen LogP contribution in [0.15, 0.2) is 101 Å². The number of amides is 1. The minimum absolute atomic E-state index is 0.0771. The summed E-state index contributed by atoms with van der Waals surface area (Å²) in [6.45, 7) is -0.212. The van der Waals surface area contributed by atoms with Crippen molar-refractivity contribution in [1.82, 2.24) is 9.97 Å². The second kappa shape index (κ2) is 12.3. The SMILES string of the molecule is COc1cc(C=NNc2nc(-c3ccccc3)c(C#N)c(=O)[nH]2)ccc1OCC(=O)Nc1cccc2ccccc12. The summed E-state index contributed by atoms with van der Waals surface area (Å²) in [6, 6.07) is 29.4. The molecule has 0 spiro atoms. The Morgan fingerprint density at radius 2 is 1.80 bits per heavy atom. The number of anilines is 2. The number of hydrogen-bond acceptors (Lipinski definition) is 8. The van der Waals surface area contributed by atoms with E-state index in [0.29, 0.717) is 28.3 Å². The van der Waals surface area contributed by atoms with E-state index in [0.717, 1.165) is 10.8 Å². The lowest BCUT2D eigenvalue weighted by Gasteiger charge is -2.12. The van der Waals surface area contributed by atoms with Crippen molar-refractivity contribution in [2.24, 2.45) is 5.10 Å². The summed E-state index contributed by atoms with van der Waals surface area (Å²) in [5, 5.41) is 18.4. The van der Waals surface area contributed by atoms with Gasteiger partial charge in [-0.25, -0.2) is 10.4 Å². The molecule has 1 heterocycles. The fraction of sp³-hybridized carbons (Fsp3) is 0.0645. The van der Waals surface area contributed by atoms with Gasteiger partial charge in [0.1, 0.15) is 11.6 Å². The Balaban J connectivity index is 1.25. The van der Waals surface area contributed by atoms with Crippen LogP contribution in [0.1, 0.15) is 11.1 Å². The van der Waals surface area contributed by atoms with Crippen molar-refractivity contribution in [2.45, 2.75) is 0 Å². The first-order valence-corrected chi connectivity index (χ1v) is 12.5. The smallest absolute Gasteiger partial charge is 0.270 e. The van der Waals surface area contributed by atoms with Gasteiger partial charge >= 0.3 is 0 Å². The zero-order valence-electron chi connectivity index (χ0n) is 21.9. The van der Waals surface area contributed by atoms with Crippen molar-refractivity contribution < 1.29 is 14.3 Å². The molecule has 1 aromatic heterocycles. The number of nitriles is 1. The van der Waals surface area contributed by atoms with Crippen molar-refractivity contribution in [1.29, 1.82) is 5.26 Å². The van der Waals surface area contributed by atoms with Crippen LogP contribution in [-0.4, -0.2) is 35.8 Å². The van der Waals surface area contributed by atoms with Crippen LogP contribution in [0, 0.1) is 11.3 Å². The highest BCUT2D eigenvalue weighted by molar-refractivity contribution is 6.02. The van der Waals surface area contributed by atoms with Gasteiger partial charge < -0.3 is 14.8 Å². The predicted octanol–water partition coefficient (Wildman–Crippen LogP) is 4.93. The van der Waals surface area contributed by atoms with Gasteiger partial charge in [-0.1, -0.05) is 66.7 Å². The van der Waals surface area contributed by atoms with Crippen LogP contribution in [0.3, 0.4) is 0 Å². The Labute approximate surface area is 234 Å². The van der Waals surface area contributed by atoms with E-state index in [9.17, 15) is 14.9 Å². The van der Waals surface area contributed by atoms with Crippen molar-refractivity contribution in [3.05, 3.63) is 112 Å². The quantitative estimate of drug-likeness (QED) is 0.176. The van der Waals surface area contributed by atoms with Gasteiger partial charge in [-0.15, -0.1) is 0 Å². The zero-order chi connectivity index (χ0) is 28.6. The number of aromatic amines is 1. The standard InChI is InChI=1S/C31H24N6O4/c1-40-27-16-20(18-33-37-31-35-29(22-9-3-2-4-10-22)24(17-32)30(39)36-31)14-15-26(27)41-19-28(38)34-25-13-7-11-21-8-5-6-12-23(21)25/h2-16,18H,19H2,1H3,(H,34,38)(H2,35,36,37,39). The van der Waals surface area contributed by atoms with E-state index >= 15 is 0 Å². The topological polar surface area (TPSA) is 141 Å². The molecule has 10 heteroatoms. The van der Waals surface area contributed by atoms with E-state index in [-0.39, 0.29) is 29.7 Å². The van der Waals surface area contributed by atoms with Crippen LogP contribution in [0.5, 0.6) is 11.5 Å². The Bertz CT molecular complexity index is 1840. The number of hydrazone groups is 1. The molecule has 0 radical (unpaired) electrons. The van der Waals surface area contributed by atoms with E-state index < -0.39 is 5.56 Å². The van der Waals surface area contributed by atoms with E-state index in [2.05, 4.69) is 25.8 Å². The largest absolute Gasteiger partial charge is 0.493 e. The fourth-order valence-corrected chi connectivity index (χ4v) is 4.15. The molecule has 3 N–H and O–H groups in total. The summed E-state index contributed by atoms with van der Waals surface area (Å²) in [7, 11) is 1.49. The number of rotatable bonds is 9. The molecule has 0 aliphatic rings. The van der Waals surface area contributed by atoms with Gasteiger partial charge in [0.2, 0.25) is 5.95 Å². The first kappa shape index (κ1) is 26.6. The molecule has 10 nitrogen and oxygen atoms in total. The monoisotopic (exact) mass is 544 g/mol. The number of aromatic nitrogens is 2. The van der Waals surface area contributed by atoms with E-state index in [1.165, 1.54) is 13.3 Å². The first-order valence-electron chi connectivity index (χ1n) is 12.5. The summed E-state index contributed by atoms with van der Waals surface area (Å²) in [5.74, 6) is 0.560. The average Bonchev–Trinajstić information content (AvgIpc) is 3.00. The number of nitrogens with zero attached hydrogens (tertiary/aromatic N) is 3. The lowest BCUT2D eigenvalue weighted by Crippen LogP contribution is -2.20. The lowest BCUT2D eigenvalue weighted by atomic mass is 10.1. The molecular formula is C31H24N6O4. The summed E-state index contributed by atoms with van der Waals surface area (Å²) in [5.41, 5.74) is 4.27. The second-order valence-corrected chi connectivity index (χ2v) is 8.76. The number of H-pyrrole nitrogens is 1. The van der Waals surface area contributed by atoms with Crippen LogP contribution in [-0.2, 0) is 4.79 Å². The Kier molecular flexibility index (Phi) is 7.98. The minimum atomic E-state index is -0.577. The molecule has 0 fully saturated rings. The maximum absolute atomic E-state index is 12.6. The highest BCUT2D eigenvalue weighted by atomic mass is 16.5. The molecule has 0 saturated heterocycles. The number of carbonyl (C=O) groups excluding carboxylic acids is 1. The number of nitrogens with one attached hydrogen (secondary N) is 3.